The van der Waals surface area contributed by atoms with Crippen LogP contribution in [0.25, 0.3) is 33.7 Å². The van der Waals surface area contributed by atoms with Crippen LogP contribution >= 0.6 is 0 Å². The zero-order valence-electron chi connectivity index (χ0n) is 12.2. The second-order valence-electron chi connectivity index (χ2n) is 5.16. The van der Waals surface area contributed by atoms with Crippen LogP contribution in [0.5, 0.6) is 0 Å². The van der Waals surface area contributed by atoms with E-state index < -0.39 is 0 Å². The standard InChI is InChI=1S/C18H12N4O/c19-8-7-13-5-6-18(23-13)17-11-20-10-16(22-17)15-9-12-3-1-2-4-14(12)21-15/h1-6,9-11,21H,7H2. The number of nitriles is 1. The second kappa shape index (κ2) is 5.43. The minimum atomic E-state index is 0.245. The maximum atomic E-state index is 8.72. The van der Waals surface area contributed by atoms with Crippen molar-refractivity contribution >= 4 is 10.9 Å². The lowest BCUT2D eigenvalue weighted by molar-refractivity contribution is 0.536. The summed E-state index contributed by atoms with van der Waals surface area (Å²) in [6, 6.07) is 15.8. The van der Waals surface area contributed by atoms with Gasteiger partial charge in [-0.3, -0.25) is 4.98 Å². The van der Waals surface area contributed by atoms with Crippen LogP contribution in [0.15, 0.2) is 59.3 Å². The molecule has 0 bridgehead atoms. The molecule has 3 heterocycles. The monoisotopic (exact) mass is 300 g/mol. The molecule has 0 atom stereocenters. The van der Waals surface area contributed by atoms with Gasteiger partial charge in [-0.2, -0.15) is 5.26 Å². The highest BCUT2D eigenvalue weighted by molar-refractivity contribution is 5.85. The van der Waals surface area contributed by atoms with Gasteiger partial charge in [0, 0.05) is 10.9 Å². The number of aromatic nitrogens is 3. The van der Waals surface area contributed by atoms with Crippen molar-refractivity contribution in [3.63, 3.8) is 0 Å². The van der Waals surface area contributed by atoms with Crippen molar-refractivity contribution in [2.45, 2.75) is 6.42 Å². The van der Waals surface area contributed by atoms with Crippen LogP contribution in [0.4, 0.5) is 0 Å². The summed E-state index contributed by atoms with van der Waals surface area (Å²) in [5.74, 6) is 1.24. The molecule has 0 aliphatic rings. The Morgan fingerprint density at radius 1 is 1.09 bits per heavy atom. The molecule has 5 nitrogen and oxygen atoms in total. The fourth-order valence-electron chi connectivity index (χ4n) is 2.51. The minimum absolute atomic E-state index is 0.245. The van der Waals surface area contributed by atoms with Gasteiger partial charge in [-0.25, -0.2) is 4.98 Å². The van der Waals surface area contributed by atoms with Crippen LogP contribution in [-0.4, -0.2) is 15.0 Å². The van der Waals surface area contributed by atoms with Gasteiger partial charge in [0.2, 0.25) is 0 Å². The van der Waals surface area contributed by atoms with Crippen LogP contribution < -0.4 is 0 Å². The van der Waals surface area contributed by atoms with Gasteiger partial charge in [0.15, 0.2) is 5.76 Å². The second-order valence-corrected chi connectivity index (χ2v) is 5.16. The van der Waals surface area contributed by atoms with Crippen molar-refractivity contribution in [3.05, 3.63) is 60.6 Å². The summed E-state index contributed by atoms with van der Waals surface area (Å²) in [5, 5.41) is 9.85. The lowest BCUT2D eigenvalue weighted by atomic mass is 10.2. The molecule has 0 spiro atoms. The number of H-pyrrole nitrogens is 1. The van der Waals surface area contributed by atoms with Crippen LogP contribution in [0.1, 0.15) is 5.76 Å². The number of aromatic amines is 1. The Hall–Kier alpha value is -3.39. The number of benzene rings is 1. The molecule has 1 N–H and O–H groups in total. The van der Waals surface area contributed by atoms with Crippen molar-refractivity contribution in [1.29, 1.82) is 5.26 Å². The Bertz CT molecular complexity index is 990. The third-order valence-corrected chi connectivity index (χ3v) is 3.61. The van der Waals surface area contributed by atoms with Gasteiger partial charge in [-0.1, -0.05) is 18.2 Å². The molecule has 0 radical (unpaired) electrons. The van der Waals surface area contributed by atoms with Crippen LogP contribution in [-0.2, 0) is 6.42 Å². The number of rotatable bonds is 3. The summed E-state index contributed by atoms with van der Waals surface area (Å²) in [4.78, 5) is 12.2. The molecule has 4 rings (SSSR count). The van der Waals surface area contributed by atoms with Crippen LogP contribution in [0.3, 0.4) is 0 Å². The summed E-state index contributed by atoms with van der Waals surface area (Å²) in [7, 11) is 0. The number of nitrogens with zero attached hydrogens (tertiary/aromatic N) is 3. The van der Waals surface area contributed by atoms with Crippen molar-refractivity contribution in [2.24, 2.45) is 0 Å². The molecule has 0 amide bonds. The maximum absolute atomic E-state index is 8.72. The van der Waals surface area contributed by atoms with Crippen LogP contribution in [0.2, 0.25) is 0 Å². The maximum Gasteiger partial charge on any atom is 0.154 e. The van der Waals surface area contributed by atoms with Crippen molar-refractivity contribution in [2.75, 3.05) is 0 Å². The molecule has 4 aromatic rings. The zero-order valence-corrected chi connectivity index (χ0v) is 12.2. The number of fused-ring (bicyclic) bond motifs is 1. The van der Waals surface area contributed by atoms with Crippen molar-refractivity contribution in [1.82, 2.24) is 15.0 Å². The summed E-state index contributed by atoms with van der Waals surface area (Å²) in [6.45, 7) is 0. The lowest BCUT2D eigenvalue weighted by Crippen LogP contribution is -1.89. The molecule has 0 saturated carbocycles. The van der Waals surface area contributed by atoms with Gasteiger partial charge in [-0.05, 0) is 24.3 Å². The number of para-hydroxylation sites is 1. The smallest absolute Gasteiger partial charge is 0.154 e. The van der Waals surface area contributed by atoms with Crippen molar-refractivity contribution < 1.29 is 4.42 Å². The molecule has 0 aliphatic carbocycles. The SMILES string of the molecule is N#CCc1ccc(-c2cncc(-c3cc4ccccc4[nH]3)n2)o1. The number of furan rings is 1. The van der Waals surface area contributed by atoms with E-state index in [1.54, 1.807) is 18.5 Å². The first-order chi connectivity index (χ1) is 11.3. The molecule has 110 valence electrons. The summed E-state index contributed by atoms with van der Waals surface area (Å²) in [6.07, 6.45) is 3.61. The van der Waals surface area contributed by atoms with E-state index in [2.05, 4.69) is 21.0 Å². The molecule has 0 fully saturated rings. The van der Waals surface area contributed by atoms with E-state index in [1.807, 2.05) is 36.4 Å². The van der Waals surface area contributed by atoms with Gasteiger partial charge >= 0.3 is 0 Å². The van der Waals surface area contributed by atoms with E-state index in [4.69, 9.17) is 9.68 Å². The van der Waals surface area contributed by atoms with E-state index in [1.165, 1.54) is 0 Å². The quantitative estimate of drug-likeness (QED) is 0.621. The third-order valence-electron chi connectivity index (χ3n) is 3.61. The molecule has 1 aromatic carbocycles. The van der Waals surface area contributed by atoms with Gasteiger partial charge in [0.1, 0.15) is 17.1 Å². The Balaban J connectivity index is 1.74. The largest absolute Gasteiger partial charge is 0.458 e. The van der Waals surface area contributed by atoms with E-state index in [0.29, 0.717) is 17.2 Å². The summed E-state index contributed by atoms with van der Waals surface area (Å²) >= 11 is 0. The van der Waals surface area contributed by atoms with Gasteiger partial charge in [-0.15, -0.1) is 0 Å². The normalized spacial score (nSPS) is 10.7. The molecule has 5 heteroatoms. The number of nitrogens with one attached hydrogen (secondary N) is 1. The predicted octanol–water partition coefficient (Wildman–Crippen LogP) is 3.95. The van der Waals surface area contributed by atoms with Gasteiger partial charge < -0.3 is 9.40 Å². The van der Waals surface area contributed by atoms with E-state index >= 15 is 0 Å². The molecule has 3 aromatic heterocycles. The Morgan fingerprint density at radius 2 is 1.96 bits per heavy atom. The zero-order chi connectivity index (χ0) is 15.6. The molecule has 0 aliphatic heterocycles. The molecular weight excluding hydrogens is 288 g/mol. The Morgan fingerprint density at radius 3 is 2.83 bits per heavy atom. The first kappa shape index (κ1) is 13.3. The van der Waals surface area contributed by atoms with E-state index in [-0.39, 0.29) is 6.42 Å². The average molecular weight is 300 g/mol. The molecular formula is C18H12N4O. The van der Waals surface area contributed by atoms with E-state index in [9.17, 15) is 0 Å². The highest BCUT2D eigenvalue weighted by Gasteiger charge is 2.10. The highest BCUT2D eigenvalue weighted by Crippen LogP contribution is 2.25. The number of hydrogen-bond donors (Lipinski definition) is 1. The fraction of sp³-hybridized carbons (Fsp3) is 0.0556. The first-order valence-corrected chi connectivity index (χ1v) is 7.20. The van der Waals surface area contributed by atoms with Gasteiger partial charge in [0.05, 0.1) is 30.6 Å². The average Bonchev–Trinajstić information content (AvgIpc) is 3.22. The van der Waals surface area contributed by atoms with Crippen molar-refractivity contribution in [3.8, 4) is 28.9 Å². The third kappa shape index (κ3) is 2.47. The minimum Gasteiger partial charge on any atom is -0.458 e. The van der Waals surface area contributed by atoms with E-state index in [0.717, 1.165) is 22.3 Å². The first-order valence-electron chi connectivity index (χ1n) is 7.20. The van der Waals surface area contributed by atoms with Gasteiger partial charge in [0.25, 0.3) is 0 Å². The number of hydrogen-bond acceptors (Lipinski definition) is 4. The Kier molecular flexibility index (Phi) is 3.13. The molecule has 0 unspecified atom stereocenters. The molecule has 23 heavy (non-hydrogen) atoms. The predicted molar refractivity (Wildman–Crippen MR) is 86.3 cm³/mol. The fourth-order valence-corrected chi connectivity index (χ4v) is 2.51. The lowest BCUT2D eigenvalue weighted by Gasteiger charge is -2.00. The summed E-state index contributed by atoms with van der Waals surface area (Å²) < 4.78 is 5.62. The highest BCUT2D eigenvalue weighted by atomic mass is 16.3. The topological polar surface area (TPSA) is 78.5 Å². The van der Waals surface area contributed by atoms with Crippen LogP contribution in [0, 0.1) is 11.3 Å². The Labute approximate surface area is 132 Å². The molecule has 0 saturated heterocycles. The summed E-state index contributed by atoms with van der Waals surface area (Å²) in [5.41, 5.74) is 3.36.